The molecule has 1 nitrogen and oxygen atoms in total. The SMILES string of the molecule is CC(C)C(F)(F)c1cccc(C2CCC(O)CC2)c1. The summed E-state index contributed by atoms with van der Waals surface area (Å²) in [7, 11) is 0. The highest BCUT2D eigenvalue weighted by Gasteiger charge is 2.36. The largest absolute Gasteiger partial charge is 0.393 e. The predicted octanol–water partition coefficient (Wildman–Crippen LogP) is 4.45. The van der Waals surface area contributed by atoms with Gasteiger partial charge in [0.15, 0.2) is 0 Å². The molecule has 1 N–H and O–H groups in total. The molecule has 1 aromatic carbocycles. The average molecular weight is 268 g/mol. The second-order valence-electron chi connectivity index (χ2n) is 5.91. The summed E-state index contributed by atoms with van der Waals surface area (Å²) in [4.78, 5) is 0. The molecular weight excluding hydrogens is 246 g/mol. The highest BCUT2D eigenvalue weighted by Crippen LogP contribution is 2.39. The van der Waals surface area contributed by atoms with Gasteiger partial charge in [0.05, 0.1) is 6.10 Å². The van der Waals surface area contributed by atoms with Crippen molar-refractivity contribution in [1.82, 2.24) is 0 Å². The molecule has 1 aromatic rings. The Kier molecular flexibility index (Phi) is 4.24. The Morgan fingerprint density at radius 2 is 1.79 bits per heavy atom. The van der Waals surface area contributed by atoms with Gasteiger partial charge in [-0.15, -0.1) is 0 Å². The van der Waals surface area contributed by atoms with Crippen LogP contribution in [0.15, 0.2) is 24.3 Å². The second kappa shape index (κ2) is 5.58. The molecule has 0 amide bonds. The third-order valence-electron chi connectivity index (χ3n) is 4.16. The van der Waals surface area contributed by atoms with Gasteiger partial charge in [-0.3, -0.25) is 0 Å². The van der Waals surface area contributed by atoms with E-state index in [1.165, 1.54) is 6.07 Å². The number of benzene rings is 1. The van der Waals surface area contributed by atoms with Crippen LogP contribution in [0.4, 0.5) is 8.78 Å². The highest BCUT2D eigenvalue weighted by atomic mass is 19.3. The summed E-state index contributed by atoms with van der Waals surface area (Å²) >= 11 is 0. The molecule has 0 bridgehead atoms. The van der Waals surface area contributed by atoms with E-state index in [9.17, 15) is 13.9 Å². The van der Waals surface area contributed by atoms with E-state index in [0.717, 1.165) is 31.2 Å². The van der Waals surface area contributed by atoms with Gasteiger partial charge in [-0.2, -0.15) is 0 Å². The van der Waals surface area contributed by atoms with Crippen LogP contribution in [0.5, 0.6) is 0 Å². The third kappa shape index (κ3) is 3.14. The quantitative estimate of drug-likeness (QED) is 0.858. The first-order valence-electron chi connectivity index (χ1n) is 7.07. The minimum Gasteiger partial charge on any atom is -0.393 e. The molecule has 1 saturated carbocycles. The normalized spacial score (nSPS) is 24.7. The molecule has 1 aliphatic carbocycles. The van der Waals surface area contributed by atoms with Gasteiger partial charge >= 0.3 is 0 Å². The molecule has 1 aliphatic rings. The zero-order valence-corrected chi connectivity index (χ0v) is 11.6. The standard InChI is InChI=1S/C16H22F2O/c1-11(2)16(17,18)14-5-3-4-13(10-14)12-6-8-15(19)9-7-12/h3-5,10-12,15,19H,6-9H2,1-2H3. The maximum atomic E-state index is 14.0. The zero-order valence-electron chi connectivity index (χ0n) is 11.6. The Balaban J connectivity index is 2.20. The van der Waals surface area contributed by atoms with Crippen molar-refractivity contribution in [2.45, 2.75) is 57.5 Å². The molecule has 0 heterocycles. The summed E-state index contributed by atoms with van der Waals surface area (Å²) < 4.78 is 28.1. The minimum absolute atomic E-state index is 0.117. The summed E-state index contributed by atoms with van der Waals surface area (Å²) in [6, 6.07) is 6.83. The van der Waals surface area contributed by atoms with Gasteiger partial charge in [0.1, 0.15) is 0 Å². The Morgan fingerprint density at radius 1 is 1.16 bits per heavy atom. The Morgan fingerprint density at radius 3 is 2.37 bits per heavy atom. The van der Waals surface area contributed by atoms with E-state index in [-0.39, 0.29) is 11.7 Å². The Hall–Kier alpha value is -0.960. The molecule has 0 saturated heterocycles. The van der Waals surface area contributed by atoms with Gasteiger partial charge in [-0.25, -0.2) is 8.78 Å². The van der Waals surface area contributed by atoms with Gasteiger partial charge in [0.2, 0.25) is 0 Å². The first-order chi connectivity index (χ1) is 8.91. The van der Waals surface area contributed by atoms with E-state index < -0.39 is 11.8 Å². The molecule has 3 heteroatoms. The van der Waals surface area contributed by atoms with E-state index in [2.05, 4.69) is 0 Å². The van der Waals surface area contributed by atoms with Gasteiger partial charge in [0.25, 0.3) is 5.92 Å². The molecule has 19 heavy (non-hydrogen) atoms. The van der Waals surface area contributed by atoms with Crippen molar-refractivity contribution in [1.29, 1.82) is 0 Å². The van der Waals surface area contributed by atoms with Crippen molar-refractivity contribution in [3.05, 3.63) is 35.4 Å². The minimum atomic E-state index is -2.77. The number of halogens is 2. The fourth-order valence-corrected chi connectivity index (χ4v) is 2.74. The first kappa shape index (κ1) is 14.4. The van der Waals surface area contributed by atoms with Crippen LogP contribution in [-0.2, 0) is 5.92 Å². The maximum Gasteiger partial charge on any atom is 0.275 e. The van der Waals surface area contributed by atoms with Crippen molar-refractivity contribution in [3.63, 3.8) is 0 Å². The molecule has 0 radical (unpaired) electrons. The predicted molar refractivity (Wildman–Crippen MR) is 72.4 cm³/mol. The maximum absolute atomic E-state index is 14.0. The van der Waals surface area contributed by atoms with Crippen LogP contribution in [-0.4, -0.2) is 11.2 Å². The zero-order chi connectivity index (χ0) is 14.0. The summed E-state index contributed by atoms with van der Waals surface area (Å²) in [5, 5.41) is 9.51. The van der Waals surface area contributed by atoms with Gasteiger partial charge in [-0.1, -0.05) is 32.0 Å². The molecule has 0 spiro atoms. The van der Waals surface area contributed by atoms with E-state index in [1.807, 2.05) is 6.07 Å². The fourth-order valence-electron chi connectivity index (χ4n) is 2.74. The van der Waals surface area contributed by atoms with Crippen LogP contribution < -0.4 is 0 Å². The van der Waals surface area contributed by atoms with E-state index in [4.69, 9.17) is 0 Å². The molecule has 0 atom stereocenters. The van der Waals surface area contributed by atoms with E-state index in [1.54, 1.807) is 26.0 Å². The van der Waals surface area contributed by atoms with Crippen molar-refractivity contribution in [3.8, 4) is 0 Å². The van der Waals surface area contributed by atoms with Crippen molar-refractivity contribution < 1.29 is 13.9 Å². The highest BCUT2D eigenvalue weighted by molar-refractivity contribution is 5.30. The van der Waals surface area contributed by atoms with E-state index in [0.29, 0.717) is 5.92 Å². The lowest BCUT2D eigenvalue weighted by atomic mass is 9.81. The van der Waals surface area contributed by atoms with Crippen LogP contribution in [0.3, 0.4) is 0 Å². The summed E-state index contributed by atoms with van der Waals surface area (Å²) in [5.74, 6) is -3.16. The lowest BCUT2D eigenvalue weighted by molar-refractivity contribution is -0.0514. The smallest absolute Gasteiger partial charge is 0.275 e. The van der Waals surface area contributed by atoms with Crippen molar-refractivity contribution >= 4 is 0 Å². The molecule has 0 aromatic heterocycles. The van der Waals surface area contributed by atoms with Crippen LogP contribution in [0, 0.1) is 5.92 Å². The van der Waals surface area contributed by atoms with Crippen LogP contribution in [0.2, 0.25) is 0 Å². The summed E-state index contributed by atoms with van der Waals surface area (Å²) in [6.07, 6.45) is 3.11. The monoisotopic (exact) mass is 268 g/mol. The number of hydrogen-bond donors (Lipinski definition) is 1. The van der Waals surface area contributed by atoms with Crippen molar-refractivity contribution in [2.24, 2.45) is 5.92 Å². The number of aliphatic hydroxyl groups is 1. The Bertz CT molecular complexity index is 421. The van der Waals surface area contributed by atoms with Gasteiger partial charge in [-0.05, 0) is 43.2 Å². The van der Waals surface area contributed by atoms with Crippen LogP contribution in [0.25, 0.3) is 0 Å². The fraction of sp³-hybridized carbons (Fsp3) is 0.625. The molecule has 106 valence electrons. The number of aliphatic hydroxyl groups excluding tert-OH is 1. The third-order valence-corrected chi connectivity index (χ3v) is 4.16. The molecular formula is C16H22F2O. The lowest BCUT2D eigenvalue weighted by Crippen LogP contribution is -2.22. The first-order valence-corrected chi connectivity index (χ1v) is 7.07. The van der Waals surface area contributed by atoms with Crippen LogP contribution >= 0.6 is 0 Å². The molecule has 0 unspecified atom stereocenters. The molecule has 2 rings (SSSR count). The summed E-state index contributed by atoms with van der Waals surface area (Å²) in [6.45, 7) is 3.09. The van der Waals surface area contributed by atoms with Crippen molar-refractivity contribution in [2.75, 3.05) is 0 Å². The molecule has 1 fully saturated rings. The van der Waals surface area contributed by atoms with Gasteiger partial charge < -0.3 is 5.11 Å². The average Bonchev–Trinajstić information content (AvgIpc) is 2.39. The van der Waals surface area contributed by atoms with Crippen LogP contribution in [0.1, 0.15) is 56.6 Å². The van der Waals surface area contributed by atoms with E-state index >= 15 is 0 Å². The molecule has 0 aliphatic heterocycles. The topological polar surface area (TPSA) is 20.2 Å². The number of rotatable bonds is 3. The second-order valence-corrected chi connectivity index (χ2v) is 5.91. The number of hydrogen-bond acceptors (Lipinski definition) is 1. The lowest BCUT2D eigenvalue weighted by Gasteiger charge is -2.27. The van der Waals surface area contributed by atoms with Gasteiger partial charge in [0, 0.05) is 11.5 Å². The summed E-state index contributed by atoms with van der Waals surface area (Å²) in [5.41, 5.74) is 1.11. The Labute approximate surface area is 113 Å². The number of alkyl halides is 2.